The topological polar surface area (TPSA) is 62.1 Å². The zero-order chi connectivity index (χ0) is 22.2. The third-order valence-corrected chi connectivity index (χ3v) is 6.28. The largest absolute Gasteiger partial charge is 0.369 e. The average Bonchev–Trinajstić information content (AvgIpc) is 3.28. The molecule has 1 fully saturated rings. The Labute approximate surface area is 192 Å². The fraction of sp³-hybridized carbons (Fsp3) is 0.192. The van der Waals surface area contributed by atoms with Crippen LogP contribution < -0.4 is 10.2 Å². The van der Waals surface area contributed by atoms with E-state index in [1.807, 2.05) is 23.0 Å². The van der Waals surface area contributed by atoms with Crippen LogP contribution in [0, 0.1) is 0 Å². The summed E-state index contributed by atoms with van der Waals surface area (Å²) in [6.07, 6.45) is 3.62. The molecule has 1 saturated heterocycles. The van der Waals surface area contributed by atoms with Crippen LogP contribution in [0.25, 0.3) is 27.5 Å². The summed E-state index contributed by atoms with van der Waals surface area (Å²) in [5.41, 5.74) is 3.96. The van der Waals surface area contributed by atoms with E-state index in [1.165, 1.54) is 16.5 Å². The first-order chi connectivity index (χ1) is 16.2. The van der Waals surface area contributed by atoms with Gasteiger partial charge in [-0.25, -0.2) is 9.67 Å². The van der Waals surface area contributed by atoms with Crippen molar-refractivity contribution in [3.63, 3.8) is 0 Å². The molecule has 1 aliphatic rings. The SMILES string of the molecule is CN1CCN(c2ccc(Nc3ncc4cnn(-c5ccc6ccccc6c5)c4n3)cc2)CC1. The summed E-state index contributed by atoms with van der Waals surface area (Å²) in [5.74, 6) is 0.553. The van der Waals surface area contributed by atoms with Gasteiger partial charge in [0.2, 0.25) is 5.95 Å². The third-order valence-electron chi connectivity index (χ3n) is 6.28. The van der Waals surface area contributed by atoms with Gasteiger partial charge in [-0.05, 0) is 54.2 Å². The van der Waals surface area contributed by atoms with Crippen molar-refractivity contribution in [2.24, 2.45) is 0 Å². The minimum Gasteiger partial charge on any atom is -0.369 e. The van der Waals surface area contributed by atoms with E-state index in [4.69, 9.17) is 4.98 Å². The van der Waals surface area contributed by atoms with Crippen LogP contribution in [0.4, 0.5) is 17.3 Å². The van der Waals surface area contributed by atoms with Gasteiger partial charge in [0.15, 0.2) is 5.65 Å². The Kier molecular flexibility index (Phi) is 4.88. The molecule has 5 aromatic rings. The minimum absolute atomic E-state index is 0.553. The first-order valence-corrected chi connectivity index (χ1v) is 11.2. The van der Waals surface area contributed by atoms with Gasteiger partial charge in [-0.3, -0.25) is 0 Å². The maximum Gasteiger partial charge on any atom is 0.229 e. The van der Waals surface area contributed by atoms with E-state index in [0.717, 1.165) is 48.6 Å². The minimum atomic E-state index is 0.553. The van der Waals surface area contributed by atoms with E-state index in [9.17, 15) is 0 Å². The number of nitrogens with one attached hydrogen (secondary N) is 1. The summed E-state index contributed by atoms with van der Waals surface area (Å²) >= 11 is 0. The van der Waals surface area contributed by atoms with Crippen molar-refractivity contribution in [2.45, 2.75) is 0 Å². The third kappa shape index (κ3) is 3.87. The molecule has 0 spiro atoms. The summed E-state index contributed by atoms with van der Waals surface area (Å²) < 4.78 is 1.87. The van der Waals surface area contributed by atoms with Crippen LogP contribution in [0.5, 0.6) is 0 Å². The molecule has 7 heteroatoms. The van der Waals surface area contributed by atoms with Crippen molar-refractivity contribution in [2.75, 3.05) is 43.4 Å². The lowest BCUT2D eigenvalue weighted by Crippen LogP contribution is -2.44. The normalized spacial score (nSPS) is 14.8. The van der Waals surface area contributed by atoms with Crippen LogP contribution in [0.15, 0.2) is 79.1 Å². The second kappa shape index (κ2) is 8.18. The van der Waals surface area contributed by atoms with E-state index < -0.39 is 0 Å². The van der Waals surface area contributed by atoms with Gasteiger partial charge >= 0.3 is 0 Å². The number of piperazine rings is 1. The van der Waals surface area contributed by atoms with Crippen molar-refractivity contribution in [3.05, 3.63) is 79.1 Å². The van der Waals surface area contributed by atoms with Gasteiger partial charge < -0.3 is 15.1 Å². The van der Waals surface area contributed by atoms with Crippen molar-refractivity contribution in [1.29, 1.82) is 0 Å². The maximum atomic E-state index is 4.77. The molecule has 0 saturated carbocycles. The quantitative estimate of drug-likeness (QED) is 0.450. The highest BCUT2D eigenvalue weighted by Crippen LogP contribution is 2.24. The maximum absolute atomic E-state index is 4.77. The van der Waals surface area contributed by atoms with Crippen LogP contribution in [-0.4, -0.2) is 57.9 Å². The molecule has 0 unspecified atom stereocenters. The number of anilines is 3. The fourth-order valence-corrected chi connectivity index (χ4v) is 4.32. The van der Waals surface area contributed by atoms with Crippen molar-refractivity contribution >= 4 is 39.1 Å². The van der Waals surface area contributed by atoms with Crippen LogP contribution >= 0.6 is 0 Å². The molecule has 7 nitrogen and oxygen atoms in total. The van der Waals surface area contributed by atoms with Gasteiger partial charge in [0.1, 0.15) is 0 Å². The molecule has 3 heterocycles. The highest BCUT2D eigenvalue weighted by atomic mass is 15.3. The van der Waals surface area contributed by atoms with E-state index in [-0.39, 0.29) is 0 Å². The van der Waals surface area contributed by atoms with Crippen molar-refractivity contribution in [1.82, 2.24) is 24.6 Å². The Hall–Kier alpha value is -3.97. The molecule has 0 amide bonds. The number of nitrogens with zero attached hydrogens (tertiary/aromatic N) is 6. The number of fused-ring (bicyclic) bond motifs is 2. The van der Waals surface area contributed by atoms with Gasteiger partial charge in [0, 0.05) is 43.8 Å². The smallest absolute Gasteiger partial charge is 0.229 e. The highest BCUT2D eigenvalue weighted by Gasteiger charge is 2.14. The number of rotatable bonds is 4. The van der Waals surface area contributed by atoms with E-state index in [1.54, 1.807) is 6.20 Å². The first-order valence-electron chi connectivity index (χ1n) is 11.2. The number of hydrogen-bond donors (Lipinski definition) is 1. The summed E-state index contributed by atoms with van der Waals surface area (Å²) in [6.45, 7) is 4.31. The molecule has 0 aliphatic carbocycles. The summed E-state index contributed by atoms with van der Waals surface area (Å²) in [6, 6.07) is 23.1. The Balaban J connectivity index is 1.26. The van der Waals surface area contributed by atoms with E-state index in [0.29, 0.717) is 5.95 Å². The monoisotopic (exact) mass is 435 g/mol. The summed E-state index contributed by atoms with van der Waals surface area (Å²) in [4.78, 5) is 14.0. The van der Waals surface area contributed by atoms with Crippen LogP contribution in [0.2, 0.25) is 0 Å². The molecular formula is C26H25N7. The van der Waals surface area contributed by atoms with Crippen LogP contribution in [0.3, 0.4) is 0 Å². The molecule has 0 bridgehead atoms. The summed E-state index contributed by atoms with van der Waals surface area (Å²) in [7, 11) is 2.17. The van der Waals surface area contributed by atoms with Crippen LogP contribution in [-0.2, 0) is 0 Å². The lowest BCUT2D eigenvalue weighted by Gasteiger charge is -2.34. The van der Waals surface area contributed by atoms with Gasteiger partial charge in [-0.15, -0.1) is 0 Å². The van der Waals surface area contributed by atoms with Gasteiger partial charge in [0.25, 0.3) is 0 Å². The second-order valence-corrected chi connectivity index (χ2v) is 8.52. The second-order valence-electron chi connectivity index (χ2n) is 8.52. The first kappa shape index (κ1) is 19.7. The van der Waals surface area contributed by atoms with Crippen molar-refractivity contribution < 1.29 is 0 Å². The zero-order valence-corrected chi connectivity index (χ0v) is 18.5. The predicted molar refractivity (Wildman–Crippen MR) is 134 cm³/mol. The molecular weight excluding hydrogens is 410 g/mol. The van der Waals surface area contributed by atoms with Crippen molar-refractivity contribution in [3.8, 4) is 5.69 Å². The Morgan fingerprint density at radius 2 is 1.52 bits per heavy atom. The molecule has 0 radical (unpaired) electrons. The fourth-order valence-electron chi connectivity index (χ4n) is 4.32. The van der Waals surface area contributed by atoms with Gasteiger partial charge in [-0.1, -0.05) is 30.3 Å². The average molecular weight is 436 g/mol. The Morgan fingerprint density at radius 1 is 0.758 bits per heavy atom. The molecule has 3 aromatic carbocycles. The molecule has 0 atom stereocenters. The predicted octanol–water partition coefficient (Wildman–Crippen LogP) is 4.46. The van der Waals surface area contributed by atoms with E-state index >= 15 is 0 Å². The zero-order valence-electron chi connectivity index (χ0n) is 18.5. The Morgan fingerprint density at radius 3 is 2.33 bits per heavy atom. The molecule has 164 valence electrons. The molecule has 33 heavy (non-hydrogen) atoms. The van der Waals surface area contributed by atoms with Crippen LogP contribution in [0.1, 0.15) is 0 Å². The number of aromatic nitrogens is 4. The standard InChI is InChI=1S/C26H25N7/c1-31-12-14-32(15-13-31)23-10-7-22(8-11-23)29-26-27-17-21-18-28-33(25(21)30-26)24-9-6-19-4-2-3-5-20(19)16-24/h2-11,16-18H,12-15H2,1H3,(H,27,29,30). The number of benzene rings is 3. The van der Waals surface area contributed by atoms with E-state index in [2.05, 4.69) is 86.8 Å². The highest BCUT2D eigenvalue weighted by molar-refractivity contribution is 5.85. The number of likely N-dealkylation sites (N-methyl/N-ethyl adjacent to an activating group) is 1. The Bertz CT molecular complexity index is 1420. The lowest BCUT2D eigenvalue weighted by atomic mass is 10.1. The molecule has 6 rings (SSSR count). The van der Waals surface area contributed by atoms with Gasteiger partial charge in [-0.2, -0.15) is 10.1 Å². The molecule has 1 N–H and O–H groups in total. The lowest BCUT2D eigenvalue weighted by molar-refractivity contribution is 0.313. The van der Waals surface area contributed by atoms with Gasteiger partial charge in [0.05, 0.1) is 17.3 Å². The molecule has 1 aliphatic heterocycles. The summed E-state index contributed by atoms with van der Waals surface area (Å²) in [5, 5.41) is 11.2. The number of hydrogen-bond acceptors (Lipinski definition) is 6. The molecule has 2 aromatic heterocycles.